The number of hydrogen-bond donors (Lipinski definition) is 3. The monoisotopic (exact) mass is 868 g/mol. The minimum Gasteiger partial charge on any atom is -0.497 e. The largest absolute Gasteiger partial charge is 0.497 e. The number of nitrogens with zero attached hydrogens (tertiary/aromatic N) is 3. The molecule has 0 aliphatic carbocycles. The van der Waals surface area contributed by atoms with Crippen molar-refractivity contribution in [2.75, 3.05) is 16.6 Å². The zero-order chi connectivity index (χ0) is 42.6. The summed E-state index contributed by atoms with van der Waals surface area (Å²) in [6, 6.07) is 34.0. The standard InChI is InChI=1S/C44H45ClN6O7S2/c1-28-16-17-30(44(5,6)27-43(2,3)4)25-37(28)57-59(52)50-32-18-23-36(55-35-21-19-33(54-7)20-22-35)38(26-32)58-60(53)49-31-13-11-12-29(24-31)40-46-41-39(45)42(48-51(41)47-40)56-34-14-9-8-10-15-34/h8-26,49-50H,27H2,1-7H3,(H,46,47). The number of methoxy groups -OCH3 is 1. The first-order valence-corrected chi connectivity index (χ1v) is 21.4. The Kier molecular flexibility index (Phi) is 12.4. The highest BCUT2D eigenvalue weighted by Gasteiger charge is 2.28. The summed E-state index contributed by atoms with van der Waals surface area (Å²) in [5.74, 6) is 3.22. The number of ether oxygens (including phenoxy) is 3. The van der Waals surface area contributed by atoms with Crippen LogP contribution >= 0.6 is 11.6 Å². The first kappa shape index (κ1) is 42.1. The van der Waals surface area contributed by atoms with Gasteiger partial charge in [-0.25, -0.2) is 4.98 Å². The van der Waals surface area contributed by atoms with Crippen LogP contribution in [0.25, 0.3) is 17.0 Å². The third-order valence-corrected chi connectivity index (χ3v) is 11.0. The van der Waals surface area contributed by atoms with Gasteiger partial charge >= 0.3 is 22.5 Å². The molecule has 0 amide bonds. The van der Waals surface area contributed by atoms with Crippen LogP contribution in [0.15, 0.2) is 115 Å². The first-order valence-electron chi connectivity index (χ1n) is 18.9. The van der Waals surface area contributed by atoms with Crippen LogP contribution in [0, 0.1) is 12.3 Å². The molecule has 5 aromatic carbocycles. The lowest BCUT2D eigenvalue weighted by atomic mass is 9.72. The molecule has 312 valence electrons. The Morgan fingerprint density at radius 1 is 0.717 bits per heavy atom. The third-order valence-electron chi connectivity index (χ3n) is 9.20. The zero-order valence-electron chi connectivity index (χ0n) is 34.1. The molecule has 0 aliphatic heterocycles. The van der Waals surface area contributed by atoms with E-state index >= 15 is 0 Å². The molecule has 7 rings (SSSR count). The predicted molar refractivity (Wildman–Crippen MR) is 237 cm³/mol. The highest BCUT2D eigenvalue weighted by atomic mass is 35.5. The lowest BCUT2D eigenvalue weighted by Gasteiger charge is -2.33. The van der Waals surface area contributed by atoms with Crippen LogP contribution in [-0.4, -0.2) is 35.3 Å². The molecule has 2 unspecified atom stereocenters. The number of anilines is 2. The van der Waals surface area contributed by atoms with E-state index in [4.69, 9.17) is 34.2 Å². The lowest BCUT2D eigenvalue weighted by molar-refractivity contribution is 0.284. The van der Waals surface area contributed by atoms with E-state index in [-0.39, 0.29) is 33.2 Å². The maximum absolute atomic E-state index is 13.6. The Morgan fingerprint density at radius 3 is 2.07 bits per heavy atom. The minimum atomic E-state index is -2.14. The van der Waals surface area contributed by atoms with Gasteiger partial charge in [-0.15, -0.1) is 9.73 Å². The number of halogens is 1. The number of para-hydroxylation sites is 1. The molecule has 2 aromatic heterocycles. The van der Waals surface area contributed by atoms with Gasteiger partial charge in [0.25, 0.3) is 5.88 Å². The Labute approximate surface area is 358 Å². The maximum atomic E-state index is 13.6. The smallest absolute Gasteiger partial charge is 0.316 e. The number of aromatic nitrogens is 4. The molecule has 0 bridgehead atoms. The number of fused-ring (bicyclic) bond motifs is 1. The fourth-order valence-corrected chi connectivity index (χ4v) is 8.29. The topological polar surface area (TPSA) is 150 Å². The minimum absolute atomic E-state index is 0.0901. The summed E-state index contributed by atoms with van der Waals surface area (Å²) >= 11 is 2.43. The second-order valence-electron chi connectivity index (χ2n) is 15.8. The van der Waals surface area contributed by atoms with Gasteiger partial charge in [0.1, 0.15) is 23.0 Å². The molecular formula is C44H45ClN6O7S2. The van der Waals surface area contributed by atoms with Crippen LogP contribution in [0.2, 0.25) is 5.02 Å². The summed E-state index contributed by atoms with van der Waals surface area (Å²) in [6.45, 7) is 12.9. The first-order chi connectivity index (χ1) is 28.6. The molecule has 0 spiro atoms. The Bertz CT molecular complexity index is 2660. The molecule has 0 aliphatic rings. The van der Waals surface area contributed by atoms with Gasteiger partial charge in [0.05, 0.1) is 18.5 Å². The van der Waals surface area contributed by atoms with E-state index in [0.717, 1.165) is 17.5 Å². The van der Waals surface area contributed by atoms with Crippen molar-refractivity contribution in [1.82, 2.24) is 19.8 Å². The van der Waals surface area contributed by atoms with E-state index in [0.29, 0.717) is 51.4 Å². The zero-order valence-corrected chi connectivity index (χ0v) is 36.5. The molecule has 0 radical (unpaired) electrons. The SMILES string of the molecule is COc1ccc(Oc2ccc(NS(=O)Oc3cc(C(C)(C)CC(C)(C)C)ccc3C)cc2OS(=O)Nc2cccc(-c3nc4c(Cl)c(Oc5ccccc5)nn4[nH]3)c2)cc1. The van der Waals surface area contributed by atoms with Gasteiger partial charge < -0.3 is 22.6 Å². The van der Waals surface area contributed by atoms with Crippen LogP contribution < -0.4 is 32.0 Å². The molecule has 16 heteroatoms. The Balaban J connectivity index is 1.08. The van der Waals surface area contributed by atoms with E-state index in [1.165, 1.54) is 10.7 Å². The van der Waals surface area contributed by atoms with Crippen molar-refractivity contribution < 1.29 is 31.0 Å². The molecule has 0 saturated carbocycles. The number of nitrogens with one attached hydrogen (secondary N) is 3. The lowest BCUT2D eigenvalue weighted by Crippen LogP contribution is -2.25. The van der Waals surface area contributed by atoms with Crippen molar-refractivity contribution in [3.8, 4) is 51.8 Å². The number of aryl methyl sites for hydroxylation is 1. The fraction of sp³-hybridized carbons (Fsp3) is 0.227. The van der Waals surface area contributed by atoms with Crippen LogP contribution in [0.4, 0.5) is 11.4 Å². The second-order valence-corrected chi connectivity index (χ2v) is 17.9. The molecule has 0 fully saturated rings. The summed E-state index contributed by atoms with van der Waals surface area (Å²) in [7, 11) is 1.58. The van der Waals surface area contributed by atoms with Crippen molar-refractivity contribution >= 4 is 51.2 Å². The number of rotatable bonds is 16. The van der Waals surface area contributed by atoms with Crippen LogP contribution in [0.3, 0.4) is 0 Å². The van der Waals surface area contributed by atoms with Gasteiger partial charge in [-0.1, -0.05) is 88.7 Å². The Morgan fingerprint density at radius 2 is 1.38 bits per heavy atom. The molecule has 3 N–H and O–H groups in total. The number of benzene rings is 5. The number of aromatic amines is 1. The molecule has 7 aromatic rings. The number of hydrogen-bond acceptors (Lipinski definition) is 9. The molecule has 0 saturated heterocycles. The van der Waals surface area contributed by atoms with Gasteiger partial charge in [-0.3, -0.25) is 14.5 Å². The van der Waals surface area contributed by atoms with E-state index in [1.54, 1.807) is 73.8 Å². The Hall–Kier alpha value is -6.03. The maximum Gasteiger partial charge on any atom is 0.316 e. The molecule has 2 heterocycles. The second kappa shape index (κ2) is 17.7. The van der Waals surface area contributed by atoms with E-state index in [9.17, 15) is 8.42 Å². The van der Waals surface area contributed by atoms with Gasteiger partial charge in [-0.2, -0.15) is 8.42 Å². The average Bonchev–Trinajstić information content (AvgIpc) is 3.74. The predicted octanol–water partition coefficient (Wildman–Crippen LogP) is 11.1. The van der Waals surface area contributed by atoms with Crippen molar-refractivity contribution in [2.45, 2.75) is 53.4 Å². The van der Waals surface area contributed by atoms with E-state index in [1.807, 2.05) is 43.3 Å². The fourth-order valence-electron chi connectivity index (χ4n) is 6.73. The summed E-state index contributed by atoms with van der Waals surface area (Å²) in [5.41, 5.74) is 3.74. The van der Waals surface area contributed by atoms with Gasteiger partial charge in [-0.05, 0) is 102 Å². The molecule has 2 atom stereocenters. The van der Waals surface area contributed by atoms with Crippen LogP contribution in [0.1, 0.15) is 52.2 Å². The van der Waals surface area contributed by atoms with Gasteiger partial charge in [0.2, 0.25) is 0 Å². The van der Waals surface area contributed by atoms with E-state index in [2.05, 4.69) is 65.3 Å². The van der Waals surface area contributed by atoms with Gasteiger partial charge in [0.15, 0.2) is 28.0 Å². The average molecular weight is 869 g/mol. The summed E-state index contributed by atoms with van der Waals surface area (Å²) in [5, 5.41) is 7.74. The molecule has 60 heavy (non-hydrogen) atoms. The van der Waals surface area contributed by atoms with Crippen molar-refractivity contribution in [2.24, 2.45) is 5.41 Å². The highest BCUT2D eigenvalue weighted by molar-refractivity contribution is 7.82. The quantitative estimate of drug-likeness (QED) is 0.0862. The van der Waals surface area contributed by atoms with Gasteiger partial charge in [0, 0.05) is 11.6 Å². The van der Waals surface area contributed by atoms with Crippen LogP contribution in [-0.2, 0) is 27.9 Å². The summed E-state index contributed by atoms with van der Waals surface area (Å²) in [4.78, 5) is 4.62. The molecular weight excluding hydrogens is 824 g/mol. The van der Waals surface area contributed by atoms with Crippen molar-refractivity contribution in [1.29, 1.82) is 0 Å². The highest BCUT2D eigenvalue weighted by Crippen LogP contribution is 2.39. The normalized spacial score (nSPS) is 12.7. The van der Waals surface area contributed by atoms with E-state index < -0.39 is 22.5 Å². The van der Waals surface area contributed by atoms with Crippen molar-refractivity contribution in [3.05, 3.63) is 131 Å². The third kappa shape index (κ3) is 10.4. The van der Waals surface area contributed by atoms with Crippen molar-refractivity contribution in [3.63, 3.8) is 0 Å². The molecule has 13 nitrogen and oxygen atoms in total. The summed E-state index contributed by atoms with van der Waals surface area (Å²) in [6.07, 6.45) is 0.945. The summed E-state index contributed by atoms with van der Waals surface area (Å²) < 4.78 is 63.3. The van der Waals surface area contributed by atoms with Crippen LogP contribution in [0.5, 0.6) is 40.4 Å². The number of H-pyrrole nitrogens is 1.